The van der Waals surface area contributed by atoms with Crippen molar-refractivity contribution < 1.29 is 4.74 Å². The number of hydrogen-bond acceptors (Lipinski definition) is 3. The molecule has 0 amide bonds. The van der Waals surface area contributed by atoms with Crippen molar-refractivity contribution >= 4 is 10.8 Å². The molecule has 132 valence electrons. The third-order valence-corrected chi connectivity index (χ3v) is 6.00. The van der Waals surface area contributed by atoms with Crippen molar-refractivity contribution in [2.75, 3.05) is 13.7 Å². The van der Waals surface area contributed by atoms with Gasteiger partial charge in [-0.15, -0.1) is 0 Å². The minimum atomic E-state index is 0.673. The van der Waals surface area contributed by atoms with Crippen LogP contribution in [0, 0.1) is 6.92 Å². The maximum absolute atomic E-state index is 5.77. The summed E-state index contributed by atoms with van der Waals surface area (Å²) in [7, 11) is 1.76. The maximum Gasteiger partial charge on any atom is 0.128 e. The van der Waals surface area contributed by atoms with E-state index in [-0.39, 0.29) is 0 Å². The molecule has 26 heavy (non-hydrogen) atoms. The number of fused-ring (bicyclic) bond motifs is 3. The normalized spacial score (nSPS) is 19.4. The lowest BCUT2D eigenvalue weighted by molar-refractivity contribution is 0.227. The zero-order valence-corrected chi connectivity index (χ0v) is 15.5. The van der Waals surface area contributed by atoms with E-state index in [1.165, 1.54) is 41.3 Å². The van der Waals surface area contributed by atoms with Gasteiger partial charge in [0.25, 0.3) is 0 Å². The third-order valence-electron chi connectivity index (χ3n) is 6.00. The van der Waals surface area contributed by atoms with Gasteiger partial charge < -0.3 is 4.74 Å². The van der Waals surface area contributed by atoms with Gasteiger partial charge in [0.2, 0.25) is 0 Å². The Morgan fingerprint density at radius 2 is 2.04 bits per heavy atom. The third kappa shape index (κ3) is 2.42. The van der Waals surface area contributed by atoms with Crippen LogP contribution in [0.15, 0.2) is 42.5 Å². The Balaban J connectivity index is 1.78. The van der Waals surface area contributed by atoms with Crippen molar-refractivity contribution in [2.45, 2.75) is 38.8 Å². The summed E-state index contributed by atoms with van der Waals surface area (Å²) in [4.78, 5) is 7.68. The summed E-state index contributed by atoms with van der Waals surface area (Å²) in [6, 6.07) is 15.7. The molecule has 5 rings (SSSR count). The van der Waals surface area contributed by atoms with Gasteiger partial charge in [0.15, 0.2) is 0 Å². The maximum atomic E-state index is 5.77. The number of nitrogens with zero attached hydrogens (tertiary/aromatic N) is 2. The first-order valence-electron chi connectivity index (χ1n) is 9.54. The summed E-state index contributed by atoms with van der Waals surface area (Å²) in [5, 5.41) is 2.46. The van der Waals surface area contributed by atoms with Crippen LogP contribution in [0.1, 0.15) is 29.7 Å². The van der Waals surface area contributed by atoms with Crippen LogP contribution in [0.5, 0.6) is 5.75 Å². The number of aromatic nitrogens is 1. The summed E-state index contributed by atoms with van der Waals surface area (Å²) >= 11 is 0. The summed E-state index contributed by atoms with van der Waals surface area (Å²) < 4.78 is 5.77. The molecular weight excluding hydrogens is 320 g/mol. The molecule has 2 aliphatic heterocycles. The lowest BCUT2D eigenvalue weighted by Crippen LogP contribution is -2.35. The van der Waals surface area contributed by atoms with Gasteiger partial charge in [-0.25, -0.2) is 0 Å². The molecule has 0 saturated carbocycles. The molecule has 0 N–H and O–H groups in total. The minimum Gasteiger partial charge on any atom is -0.496 e. The molecule has 2 aromatic carbocycles. The van der Waals surface area contributed by atoms with E-state index in [1.807, 2.05) is 0 Å². The average Bonchev–Trinajstić information content (AvgIpc) is 3.12. The molecular formula is C23H24N2O. The molecule has 0 unspecified atom stereocenters. The second kappa shape index (κ2) is 6.10. The Morgan fingerprint density at radius 1 is 1.15 bits per heavy atom. The van der Waals surface area contributed by atoms with Crippen molar-refractivity contribution in [3.05, 3.63) is 59.3 Å². The van der Waals surface area contributed by atoms with Crippen LogP contribution < -0.4 is 4.74 Å². The zero-order valence-electron chi connectivity index (χ0n) is 15.5. The van der Waals surface area contributed by atoms with Crippen LogP contribution in [0.3, 0.4) is 0 Å². The second-order valence-corrected chi connectivity index (χ2v) is 7.58. The van der Waals surface area contributed by atoms with Crippen LogP contribution in [-0.2, 0) is 13.0 Å². The molecule has 3 nitrogen and oxygen atoms in total. The fourth-order valence-corrected chi connectivity index (χ4v) is 4.80. The van der Waals surface area contributed by atoms with Gasteiger partial charge >= 0.3 is 0 Å². The molecule has 0 radical (unpaired) electrons. The Hall–Kier alpha value is -2.39. The number of pyridine rings is 1. The first kappa shape index (κ1) is 15.8. The van der Waals surface area contributed by atoms with Crippen LogP contribution in [-0.4, -0.2) is 29.6 Å². The topological polar surface area (TPSA) is 25.4 Å². The predicted octanol–water partition coefficient (Wildman–Crippen LogP) is 4.74. The van der Waals surface area contributed by atoms with Crippen LogP contribution in [0.25, 0.3) is 22.0 Å². The Labute approximate surface area is 154 Å². The van der Waals surface area contributed by atoms with Gasteiger partial charge in [0.05, 0.1) is 18.4 Å². The highest BCUT2D eigenvalue weighted by Gasteiger charge is 2.32. The van der Waals surface area contributed by atoms with E-state index < -0.39 is 0 Å². The molecule has 3 heterocycles. The number of ether oxygens (including phenoxy) is 1. The molecule has 3 aromatic rings. The van der Waals surface area contributed by atoms with Crippen LogP contribution in [0.4, 0.5) is 0 Å². The highest BCUT2D eigenvalue weighted by Crippen LogP contribution is 2.41. The fraction of sp³-hybridized carbons (Fsp3) is 0.348. The average molecular weight is 344 g/mol. The first-order chi connectivity index (χ1) is 12.7. The summed E-state index contributed by atoms with van der Waals surface area (Å²) in [5.74, 6) is 0.915. The highest BCUT2D eigenvalue weighted by molar-refractivity contribution is 5.99. The predicted molar refractivity (Wildman–Crippen MR) is 106 cm³/mol. The van der Waals surface area contributed by atoms with Gasteiger partial charge in [-0.05, 0) is 66.8 Å². The van der Waals surface area contributed by atoms with E-state index in [1.54, 1.807) is 7.11 Å². The SMILES string of the molecule is COc1ccc2ccccc2c1-c1nc(C)cc2c1C[C@@H]1CCCN1C2. The standard InChI is InChI=1S/C23H24N2O/c1-15-12-17-14-25-11-5-7-18(25)13-20(17)23(24-15)22-19-8-4-3-6-16(19)9-10-21(22)26-2/h3-4,6,8-10,12,18H,5,7,11,13-14H2,1-2H3/t18-/m0/s1. The molecule has 1 atom stereocenters. The van der Waals surface area contributed by atoms with Crippen LogP contribution in [0.2, 0.25) is 0 Å². The molecule has 1 fully saturated rings. The molecule has 1 saturated heterocycles. The minimum absolute atomic E-state index is 0.673. The Morgan fingerprint density at radius 3 is 2.92 bits per heavy atom. The lowest BCUT2D eigenvalue weighted by atomic mass is 9.88. The molecule has 0 spiro atoms. The number of methoxy groups -OCH3 is 1. The molecule has 0 aliphatic carbocycles. The monoisotopic (exact) mass is 344 g/mol. The zero-order chi connectivity index (χ0) is 17.7. The van der Waals surface area contributed by atoms with Crippen molar-refractivity contribution in [3.63, 3.8) is 0 Å². The van der Waals surface area contributed by atoms with Gasteiger partial charge in [0, 0.05) is 18.3 Å². The summed E-state index contributed by atoms with van der Waals surface area (Å²) in [5.41, 5.74) is 6.23. The lowest BCUT2D eigenvalue weighted by Gasteiger charge is -2.33. The first-order valence-corrected chi connectivity index (χ1v) is 9.54. The molecule has 3 heteroatoms. The van der Waals surface area contributed by atoms with Gasteiger partial charge in [-0.2, -0.15) is 0 Å². The smallest absolute Gasteiger partial charge is 0.128 e. The van der Waals surface area contributed by atoms with Crippen molar-refractivity contribution in [1.82, 2.24) is 9.88 Å². The van der Waals surface area contributed by atoms with Gasteiger partial charge in [-0.1, -0.05) is 30.3 Å². The number of rotatable bonds is 2. The second-order valence-electron chi connectivity index (χ2n) is 7.58. The Bertz CT molecular complexity index is 995. The number of benzene rings is 2. The van der Waals surface area contributed by atoms with E-state index >= 15 is 0 Å². The van der Waals surface area contributed by atoms with Gasteiger partial charge in [0.1, 0.15) is 5.75 Å². The van der Waals surface area contributed by atoms with E-state index in [0.717, 1.165) is 35.7 Å². The van der Waals surface area contributed by atoms with Crippen molar-refractivity contribution in [3.8, 4) is 17.0 Å². The fourth-order valence-electron chi connectivity index (χ4n) is 4.80. The number of hydrogen-bond donors (Lipinski definition) is 0. The van der Waals surface area contributed by atoms with Gasteiger partial charge in [-0.3, -0.25) is 9.88 Å². The molecule has 2 aliphatic rings. The summed E-state index contributed by atoms with van der Waals surface area (Å²) in [6.45, 7) is 4.40. The van der Waals surface area contributed by atoms with Crippen LogP contribution >= 0.6 is 0 Å². The Kier molecular flexibility index (Phi) is 3.71. The number of aryl methyl sites for hydroxylation is 1. The van der Waals surface area contributed by atoms with E-state index in [9.17, 15) is 0 Å². The largest absolute Gasteiger partial charge is 0.496 e. The quantitative estimate of drug-likeness (QED) is 0.671. The molecule has 1 aromatic heterocycles. The molecule has 0 bridgehead atoms. The van der Waals surface area contributed by atoms with Crippen molar-refractivity contribution in [1.29, 1.82) is 0 Å². The summed E-state index contributed by atoms with van der Waals surface area (Å²) in [6.07, 6.45) is 3.72. The highest BCUT2D eigenvalue weighted by atomic mass is 16.5. The van der Waals surface area contributed by atoms with E-state index in [4.69, 9.17) is 9.72 Å². The van der Waals surface area contributed by atoms with E-state index in [0.29, 0.717) is 6.04 Å². The van der Waals surface area contributed by atoms with Crippen molar-refractivity contribution in [2.24, 2.45) is 0 Å². The van der Waals surface area contributed by atoms with E-state index in [2.05, 4.69) is 54.3 Å².